The first-order valence-corrected chi connectivity index (χ1v) is 9.77. The molecule has 1 aromatic carbocycles. The minimum absolute atomic E-state index is 0.156. The molecule has 1 N–H and O–H groups in total. The monoisotopic (exact) mass is 394 g/mol. The molecule has 1 aliphatic heterocycles. The number of anilines is 1. The fraction of sp³-hybridized carbons (Fsp3) is 0.318. The molecular weight excluding hydrogens is 371 g/mol. The van der Waals surface area contributed by atoms with E-state index in [1.165, 1.54) is 6.07 Å². The maximum Gasteiger partial charge on any atom is 0.262 e. The number of halogens is 1. The summed E-state index contributed by atoms with van der Waals surface area (Å²) in [5.41, 5.74) is 3.49. The summed E-state index contributed by atoms with van der Waals surface area (Å²) in [5.74, 6) is 0.864. The van der Waals surface area contributed by atoms with Crippen molar-refractivity contribution in [3.63, 3.8) is 0 Å². The van der Waals surface area contributed by atoms with E-state index in [0.29, 0.717) is 30.2 Å². The first-order chi connectivity index (χ1) is 14.1. The van der Waals surface area contributed by atoms with Crippen molar-refractivity contribution in [2.24, 2.45) is 0 Å². The quantitative estimate of drug-likeness (QED) is 0.714. The van der Waals surface area contributed by atoms with Crippen LogP contribution in [0.2, 0.25) is 0 Å². The van der Waals surface area contributed by atoms with Crippen LogP contribution in [0.15, 0.2) is 41.6 Å². The first kappa shape index (κ1) is 19.1. The highest BCUT2D eigenvalue weighted by molar-refractivity contribution is 5.61. The summed E-state index contributed by atoms with van der Waals surface area (Å²) in [4.78, 5) is 21.6. The van der Waals surface area contributed by atoms with Crippen LogP contribution in [0.25, 0.3) is 11.1 Å². The number of rotatable bonds is 5. The van der Waals surface area contributed by atoms with Gasteiger partial charge in [0.25, 0.3) is 5.56 Å². The molecule has 2 aromatic heterocycles. The largest absolute Gasteiger partial charge is 0.493 e. The molecule has 0 fully saturated rings. The topological polar surface area (TPSA) is 69.0 Å². The van der Waals surface area contributed by atoms with Crippen LogP contribution in [0.4, 0.5) is 10.3 Å². The van der Waals surface area contributed by atoms with Crippen molar-refractivity contribution in [1.29, 1.82) is 0 Å². The molecule has 0 atom stereocenters. The number of pyridine rings is 1. The van der Waals surface area contributed by atoms with E-state index in [1.54, 1.807) is 29.2 Å². The lowest BCUT2D eigenvalue weighted by molar-refractivity contribution is 0.286. The molecule has 0 amide bonds. The van der Waals surface area contributed by atoms with Crippen molar-refractivity contribution in [3.8, 4) is 16.9 Å². The van der Waals surface area contributed by atoms with Gasteiger partial charge in [0.2, 0.25) is 5.95 Å². The minimum Gasteiger partial charge on any atom is -0.493 e. The molecule has 0 saturated heterocycles. The highest BCUT2D eigenvalue weighted by atomic mass is 19.1. The van der Waals surface area contributed by atoms with Gasteiger partial charge < -0.3 is 10.1 Å². The van der Waals surface area contributed by atoms with Crippen LogP contribution in [0, 0.1) is 12.7 Å². The Kier molecular flexibility index (Phi) is 5.29. The van der Waals surface area contributed by atoms with E-state index in [2.05, 4.69) is 15.3 Å². The summed E-state index contributed by atoms with van der Waals surface area (Å²) in [6, 6.07) is 5.01. The zero-order chi connectivity index (χ0) is 20.4. The van der Waals surface area contributed by atoms with Gasteiger partial charge >= 0.3 is 0 Å². The Balaban J connectivity index is 1.65. The van der Waals surface area contributed by atoms with Gasteiger partial charge in [0.05, 0.1) is 12.2 Å². The standard InChI is InChI=1S/C22H23FN4O2/c1-3-27-21(28)17(15-9-14(2)10-24-11-15)12-25-22(27)26-13-18-16-5-4-8-29-20(16)7-6-19(18)23/h6-7,9-12H,3-5,8,13H2,1-2H3,(H,25,26). The molecule has 1 aliphatic rings. The van der Waals surface area contributed by atoms with Gasteiger partial charge in [0.15, 0.2) is 0 Å². The minimum atomic E-state index is -0.283. The number of aromatic nitrogens is 3. The maximum absolute atomic E-state index is 14.5. The second kappa shape index (κ2) is 8.03. The van der Waals surface area contributed by atoms with Crippen LogP contribution in [-0.4, -0.2) is 21.1 Å². The van der Waals surface area contributed by atoms with Crippen molar-refractivity contribution in [2.45, 2.75) is 39.8 Å². The number of ether oxygens (including phenoxy) is 1. The molecule has 0 saturated carbocycles. The average Bonchev–Trinajstić information content (AvgIpc) is 2.73. The van der Waals surface area contributed by atoms with Gasteiger partial charge in [-0.05, 0) is 50.5 Å². The Morgan fingerprint density at radius 1 is 1.28 bits per heavy atom. The number of aryl methyl sites for hydroxylation is 1. The van der Waals surface area contributed by atoms with E-state index in [9.17, 15) is 9.18 Å². The van der Waals surface area contributed by atoms with Crippen LogP contribution in [0.1, 0.15) is 30.0 Å². The number of hydrogen-bond acceptors (Lipinski definition) is 5. The van der Waals surface area contributed by atoms with Crippen molar-refractivity contribution in [2.75, 3.05) is 11.9 Å². The fourth-order valence-corrected chi connectivity index (χ4v) is 3.67. The smallest absolute Gasteiger partial charge is 0.262 e. The lowest BCUT2D eigenvalue weighted by Crippen LogP contribution is -2.26. The highest BCUT2D eigenvalue weighted by Crippen LogP contribution is 2.30. The molecule has 3 heterocycles. The lowest BCUT2D eigenvalue weighted by atomic mass is 9.99. The van der Waals surface area contributed by atoms with E-state index in [4.69, 9.17) is 4.74 Å². The zero-order valence-electron chi connectivity index (χ0n) is 16.5. The molecule has 0 bridgehead atoms. The van der Waals surface area contributed by atoms with Crippen molar-refractivity contribution in [1.82, 2.24) is 14.5 Å². The van der Waals surface area contributed by atoms with Crippen LogP contribution in [0.3, 0.4) is 0 Å². The molecular formula is C22H23FN4O2. The number of hydrogen-bond donors (Lipinski definition) is 1. The van der Waals surface area contributed by atoms with Gasteiger partial charge in [0.1, 0.15) is 11.6 Å². The predicted octanol–water partition coefficient (Wildman–Crippen LogP) is 3.71. The predicted molar refractivity (Wildman–Crippen MR) is 110 cm³/mol. The third-order valence-corrected chi connectivity index (χ3v) is 5.13. The summed E-state index contributed by atoms with van der Waals surface area (Å²) in [6.45, 7) is 5.13. The second-order valence-electron chi connectivity index (χ2n) is 7.10. The van der Waals surface area contributed by atoms with Crippen LogP contribution >= 0.6 is 0 Å². The van der Waals surface area contributed by atoms with Crippen molar-refractivity contribution >= 4 is 5.95 Å². The third kappa shape index (κ3) is 3.72. The molecule has 29 heavy (non-hydrogen) atoms. The Morgan fingerprint density at radius 3 is 2.93 bits per heavy atom. The zero-order valence-corrected chi connectivity index (χ0v) is 16.5. The molecule has 4 rings (SSSR count). The van der Waals surface area contributed by atoms with E-state index in [-0.39, 0.29) is 17.9 Å². The normalized spacial score (nSPS) is 12.9. The number of benzene rings is 1. The Bertz CT molecular complexity index is 1110. The molecule has 150 valence electrons. The van der Waals surface area contributed by atoms with E-state index in [1.807, 2.05) is 19.9 Å². The number of nitrogens with zero attached hydrogens (tertiary/aromatic N) is 3. The summed E-state index contributed by atoms with van der Waals surface area (Å²) in [7, 11) is 0. The molecule has 6 nitrogen and oxygen atoms in total. The summed E-state index contributed by atoms with van der Waals surface area (Å²) >= 11 is 0. The fourth-order valence-electron chi connectivity index (χ4n) is 3.67. The van der Waals surface area contributed by atoms with Gasteiger partial charge in [-0.1, -0.05) is 0 Å². The summed E-state index contributed by atoms with van der Waals surface area (Å²) in [6.07, 6.45) is 6.58. The first-order valence-electron chi connectivity index (χ1n) is 9.77. The average molecular weight is 394 g/mol. The molecule has 0 unspecified atom stereocenters. The van der Waals surface area contributed by atoms with Crippen LogP contribution in [0.5, 0.6) is 5.75 Å². The second-order valence-corrected chi connectivity index (χ2v) is 7.10. The van der Waals surface area contributed by atoms with Gasteiger partial charge in [-0.15, -0.1) is 0 Å². The van der Waals surface area contributed by atoms with E-state index < -0.39 is 0 Å². The Morgan fingerprint density at radius 2 is 2.14 bits per heavy atom. The van der Waals surface area contributed by atoms with Gasteiger partial charge in [-0.25, -0.2) is 9.37 Å². The molecule has 0 spiro atoms. The van der Waals surface area contributed by atoms with Gasteiger partial charge in [0, 0.05) is 48.4 Å². The highest BCUT2D eigenvalue weighted by Gasteiger charge is 2.19. The van der Waals surface area contributed by atoms with Gasteiger partial charge in [-0.2, -0.15) is 0 Å². The molecule has 7 heteroatoms. The lowest BCUT2D eigenvalue weighted by Gasteiger charge is -2.21. The van der Waals surface area contributed by atoms with Crippen LogP contribution in [-0.2, 0) is 19.5 Å². The van der Waals surface area contributed by atoms with E-state index in [0.717, 1.165) is 35.3 Å². The van der Waals surface area contributed by atoms with Crippen molar-refractivity contribution < 1.29 is 9.13 Å². The Hall–Kier alpha value is -3.22. The number of nitrogens with one attached hydrogen (secondary N) is 1. The molecule has 0 aliphatic carbocycles. The third-order valence-electron chi connectivity index (χ3n) is 5.13. The summed E-state index contributed by atoms with van der Waals surface area (Å²) in [5, 5.41) is 3.14. The number of fused-ring (bicyclic) bond motifs is 1. The SMILES string of the molecule is CCn1c(NCc2c(F)ccc3c2CCCO3)ncc(-c2cncc(C)c2)c1=O. The van der Waals surface area contributed by atoms with Gasteiger partial charge in [-0.3, -0.25) is 14.3 Å². The molecule has 3 aromatic rings. The van der Waals surface area contributed by atoms with E-state index >= 15 is 0 Å². The maximum atomic E-state index is 14.5. The summed E-state index contributed by atoms with van der Waals surface area (Å²) < 4.78 is 21.7. The molecule has 0 radical (unpaired) electrons. The Labute approximate surface area is 168 Å². The van der Waals surface area contributed by atoms with Crippen LogP contribution < -0.4 is 15.6 Å². The van der Waals surface area contributed by atoms with Crippen molar-refractivity contribution in [3.05, 3.63) is 69.7 Å².